The second kappa shape index (κ2) is 11.2. The fraction of sp³-hybridized carbons (Fsp3) is 0.474. The van der Waals surface area contributed by atoms with Gasteiger partial charge in [-0.3, -0.25) is 19.5 Å². The van der Waals surface area contributed by atoms with Crippen LogP contribution in [0.3, 0.4) is 0 Å². The largest absolute Gasteiger partial charge is 0.383 e. The summed E-state index contributed by atoms with van der Waals surface area (Å²) in [6, 6.07) is 4.32. The predicted molar refractivity (Wildman–Crippen MR) is 115 cm³/mol. The first-order valence-corrected chi connectivity index (χ1v) is 10.6. The number of urea groups is 1. The molecule has 0 bridgehead atoms. The van der Waals surface area contributed by atoms with E-state index in [0.29, 0.717) is 46.7 Å². The van der Waals surface area contributed by atoms with Crippen LogP contribution in [-0.2, 0) is 16.1 Å². The molecule has 29 heavy (non-hydrogen) atoms. The fourth-order valence-corrected chi connectivity index (χ4v) is 3.47. The zero-order valence-electron chi connectivity index (χ0n) is 16.7. The monoisotopic (exact) mass is 440 g/mol. The first-order valence-electron chi connectivity index (χ1n) is 9.21. The normalized spacial score (nSPS) is 11.1. The van der Waals surface area contributed by atoms with Crippen molar-refractivity contribution in [1.82, 2.24) is 20.2 Å². The van der Waals surface area contributed by atoms with E-state index in [9.17, 15) is 14.4 Å². The molecule has 8 nitrogen and oxygen atoms in total. The van der Waals surface area contributed by atoms with Crippen LogP contribution in [0.4, 0.5) is 4.79 Å². The van der Waals surface area contributed by atoms with Crippen LogP contribution in [0.2, 0.25) is 5.02 Å². The Morgan fingerprint density at radius 3 is 2.79 bits per heavy atom. The van der Waals surface area contributed by atoms with Gasteiger partial charge in [0.25, 0.3) is 5.56 Å². The Morgan fingerprint density at radius 2 is 2.10 bits per heavy atom. The van der Waals surface area contributed by atoms with Crippen LogP contribution >= 0.6 is 23.4 Å². The third kappa shape index (κ3) is 7.02. The quantitative estimate of drug-likeness (QED) is 0.459. The molecule has 1 heterocycles. The van der Waals surface area contributed by atoms with E-state index in [1.165, 1.54) is 11.7 Å². The van der Waals surface area contributed by atoms with Gasteiger partial charge in [-0.1, -0.05) is 37.2 Å². The second-order valence-corrected chi connectivity index (χ2v) is 8.16. The summed E-state index contributed by atoms with van der Waals surface area (Å²) in [5.41, 5.74) is 0.212. The highest BCUT2D eigenvalue weighted by Crippen LogP contribution is 2.20. The van der Waals surface area contributed by atoms with Crippen molar-refractivity contribution in [2.45, 2.75) is 32.0 Å². The lowest BCUT2D eigenvalue weighted by Gasteiger charge is -2.13. The van der Waals surface area contributed by atoms with E-state index in [4.69, 9.17) is 16.3 Å². The number of nitrogens with one attached hydrogen (secondary N) is 2. The van der Waals surface area contributed by atoms with Crippen LogP contribution in [0.25, 0.3) is 10.9 Å². The van der Waals surface area contributed by atoms with Crippen molar-refractivity contribution in [2.24, 2.45) is 5.92 Å². The second-order valence-electron chi connectivity index (χ2n) is 6.78. The van der Waals surface area contributed by atoms with Crippen LogP contribution in [0.1, 0.15) is 20.3 Å². The molecule has 0 aliphatic carbocycles. The molecular weight excluding hydrogens is 416 g/mol. The van der Waals surface area contributed by atoms with Gasteiger partial charge in [-0.05, 0) is 30.5 Å². The SMILES string of the molecule is COCCn1c(SCC(=O)NC(=O)NCCC(C)C)nc2cc(Cl)ccc2c1=O. The number of thioether (sulfide) groups is 1. The Morgan fingerprint density at radius 1 is 1.34 bits per heavy atom. The number of methoxy groups -OCH3 is 1. The van der Waals surface area contributed by atoms with Crippen LogP contribution < -0.4 is 16.2 Å². The Bertz CT molecular complexity index is 932. The standard InChI is InChI=1S/C19H25ClN4O4S/c1-12(2)6-7-21-18(27)23-16(25)11-29-19-22-15-10-13(20)4-5-14(15)17(26)24(19)8-9-28-3/h4-5,10,12H,6-9,11H2,1-3H3,(H2,21,23,25,27). The van der Waals surface area contributed by atoms with Gasteiger partial charge in [-0.15, -0.1) is 0 Å². The maximum absolute atomic E-state index is 12.8. The van der Waals surface area contributed by atoms with Crippen molar-refractivity contribution in [3.05, 3.63) is 33.6 Å². The van der Waals surface area contributed by atoms with Crippen molar-refractivity contribution >= 4 is 46.2 Å². The topological polar surface area (TPSA) is 102 Å². The van der Waals surface area contributed by atoms with Gasteiger partial charge in [0.1, 0.15) is 0 Å². The third-order valence-corrected chi connectivity index (χ3v) is 5.21. The zero-order valence-corrected chi connectivity index (χ0v) is 18.2. The number of imide groups is 1. The summed E-state index contributed by atoms with van der Waals surface area (Å²) in [6.45, 7) is 5.20. The highest BCUT2D eigenvalue weighted by atomic mass is 35.5. The summed E-state index contributed by atoms with van der Waals surface area (Å²) in [5, 5.41) is 6.17. The van der Waals surface area contributed by atoms with Gasteiger partial charge in [-0.2, -0.15) is 0 Å². The summed E-state index contributed by atoms with van der Waals surface area (Å²) < 4.78 is 6.53. The maximum Gasteiger partial charge on any atom is 0.321 e. The first-order chi connectivity index (χ1) is 13.8. The minimum absolute atomic E-state index is 0.0664. The average Bonchev–Trinajstić information content (AvgIpc) is 2.65. The summed E-state index contributed by atoms with van der Waals surface area (Å²) in [5.74, 6) is -0.0861. The lowest BCUT2D eigenvalue weighted by Crippen LogP contribution is -2.41. The molecule has 0 unspecified atom stereocenters. The van der Waals surface area contributed by atoms with Crippen LogP contribution in [-0.4, -0.2) is 47.5 Å². The van der Waals surface area contributed by atoms with Gasteiger partial charge in [0, 0.05) is 18.7 Å². The van der Waals surface area contributed by atoms with E-state index in [1.54, 1.807) is 18.2 Å². The number of ether oxygens (including phenoxy) is 1. The fourth-order valence-electron chi connectivity index (χ4n) is 2.48. The highest BCUT2D eigenvalue weighted by Gasteiger charge is 2.15. The number of nitrogens with zero attached hydrogens (tertiary/aromatic N) is 2. The highest BCUT2D eigenvalue weighted by molar-refractivity contribution is 7.99. The van der Waals surface area contributed by atoms with Gasteiger partial charge >= 0.3 is 6.03 Å². The molecule has 0 aliphatic rings. The maximum atomic E-state index is 12.8. The van der Waals surface area contributed by atoms with Crippen molar-refractivity contribution in [2.75, 3.05) is 26.0 Å². The number of rotatable bonds is 9. The number of aromatic nitrogens is 2. The lowest BCUT2D eigenvalue weighted by molar-refractivity contribution is -0.117. The Kier molecular flexibility index (Phi) is 8.94. The molecule has 0 radical (unpaired) electrons. The van der Waals surface area contributed by atoms with Crippen LogP contribution in [0, 0.1) is 5.92 Å². The molecule has 0 saturated carbocycles. The summed E-state index contributed by atoms with van der Waals surface area (Å²) in [7, 11) is 1.54. The Labute approximate surface area is 178 Å². The van der Waals surface area contributed by atoms with Gasteiger partial charge in [0.05, 0.1) is 29.8 Å². The number of hydrogen-bond donors (Lipinski definition) is 2. The molecule has 0 fully saturated rings. The smallest absolute Gasteiger partial charge is 0.321 e. The number of halogens is 1. The van der Waals surface area contributed by atoms with Crippen molar-refractivity contribution in [1.29, 1.82) is 0 Å². The summed E-state index contributed by atoms with van der Waals surface area (Å²) in [6.07, 6.45) is 0.825. The van der Waals surface area contributed by atoms with E-state index in [0.717, 1.165) is 18.2 Å². The first kappa shape index (κ1) is 23.2. The Hall–Kier alpha value is -2.10. The van der Waals surface area contributed by atoms with Gasteiger partial charge < -0.3 is 10.1 Å². The molecule has 0 saturated heterocycles. The van der Waals surface area contributed by atoms with Gasteiger partial charge in [0.15, 0.2) is 5.16 Å². The van der Waals surface area contributed by atoms with E-state index in [1.807, 2.05) is 13.8 Å². The number of fused-ring (bicyclic) bond motifs is 1. The number of carbonyl (C=O) groups is 2. The molecule has 2 rings (SSSR count). The van der Waals surface area contributed by atoms with Crippen LogP contribution in [0.5, 0.6) is 0 Å². The molecule has 0 spiro atoms. The third-order valence-electron chi connectivity index (χ3n) is 3.99. The zero-order chi connectivity index (χ0) is 21.4. The minimum Gasteiger partial charge on any atom is -0.383 e. The molecule has 0 aliphatic heterocycles. The molecule has 10 heteroatoms. The predicted octanol–water partition coefficient (Wildman–Crippen LogP) is 2.66. The molecule has 2 aromatic rings. The molecule has 3 amide bonds. The average molecular weight is 441 g/mol. The number of benzene rings is 1. The van der Waals surface area contributed by atoms with E-state index < -0.39 is 11.9 Å². The number of hydrogen-bond acceptors (Lipinski definition) is 6. The van der Waals surface area contributed by atoms with Crippen molar-refractivity contribution in [3.63, 3.8) is 0 Å². The summed E-state index contributed by atoms with van der Waals surface area (Å²) in [4.78, 5) is 41.1. The van der Waals surface area contributed by atoms with E-state index >= 15 is 0 Å². The van der Waals surface area contributed by atoms with Crippen molar-refractivity contribution < 1.29 is 14.3 Å². The summed E-state index contributed by atoms with van der Waals surface area (Å²) >= 11 is 7.08. The minimum atomic E-state index is -0.536. The molecule has 158 valence electrons. The van der Waals surface area contributed by atoms with Crippen LogP contribution in [0.15, 0.2) is 28.2 Å². The van der Waals surface area contributed by atoms with Crippen molar-refractivity contribution in [3.8, 4) is 0 Å². The molecule has 2 N–H and O–H groups in total. The van der Waals surface area contributed by atoms with Gasteiger partial charge in [0.2, 0.25) is 5.91 Å². The molecule has 1 aromatic heterocycles. The lowest BCUT2D eigenvalue weighted by atomic mass is 10.1. The van der Waals surface area contributed by atoms with E-state index in [-0.39, 0.29) is 11.3 Å². The van der Waals surface area contributed by atoms with Gasteiger partial charge in [-0.25, -0.2) is 9.78 Å². The van der Waals surface area contributed by atoms with E-state index in [2.05, 4.69) is 15.6 Å². The number of carbonyl (C=O) groups excluding carboxylic acids is 2. The molecular formula is C19H25ClN4O4S. The molecule has 1 aromatic carbocycles. The molecule has 0 atom stereocenters. The Balaban J connectivity index is 2.10. The number of amides is 3.